The maximum atomic E-state index is 6.16. The molecule has 3 aromatic rings. The Balaban J connectivity index is 1.69. The molecule has 22 heavy (non-hydrogen) atoms. The molecular weight excluding hydrogens is 362 g/mol. The summed E-state index contributed by atoms with van der Waals surface area (Å²) in [6.07, 6.45) is 3.26. The van der Waals surface area contributed by atoms with Crippen molar-refractivity contribution >= 4 is 27.3 Å². The van der Waals surface area contributed by atoms with Crippen molar-refractivity contribution < 1.29 is 4.52 Å². The van der Waals surface area contributed by atoms with Gasteiger partial charge >= 0.3 is 0 Å². The van der Waals surface area contributed by atoms with E-state index in [1.165, 1.54) is 11.1 Å². The minimum absolute atomic E-state index is 0.152. The third kappa shape index (κ3) is 2.51. The fraction of sp³-hybridized carbons (Fsp3) is 0.250. The molecular formula is C16H14BrN3OS. The summed E-state index contributed by atoms with van der Waals surface area (Å²) in [5.74, 6) is 1.18. The van der Waals surface area contributed by atoms with Gasteiger partial charge in [0.2, 0.25) is 5.82 Å². The zero-order valence-electron chi connectivity index (χ0n) is 11.8. The molecule has 112 valence electrons. The average Bonchev–Trinajstić information content (AvgIpc) is 3.16. The van der Waals surface area contributed by atoms with Crippen LogP contribution in [-0.2, 0) is 6.42 Å². The number of aromatic nitrogens is 2. The molecule has 1 aliphatic carbocycles. The Hall–Kier alpha value is -1.50. The highest BCUT2D eigenvalue weighted by atomic mass is 79.9. The minimum Gasteiger partial charge on any atom is -0.334 e. The summed E-state index contributed by atoms with van der Waals surface area (Å²) in [4.78, 5) is 5.50. The zero-order valence-corrected chi connectivity index (χ0v) is 14.2. The monoisotopic (exact) mass is 375 g/mol. The second-order valence-electron chi connectivity index (χ2n) is 5.46. The third-order valence-corrected chi connectivity index (χ3v) is 5.65. The Kier molecular flexibility index (Phi) is 3.60. The summed E-state index contributed by atoms with van der Waals surface area (Å²) in [6, 6.07) is 8.40. The smallest absolute Gasteiger partial charge is 0.258 e. The number of nitrogens with two attached hydrogens (primary N) is 1. The highest BCUT2D eigenvalue weighted by molar-refractivity contribution is 9.10. The van der Waals surface area contributed by atoms with Crippen molar-refractivity contribution in [3.63, 3.8) is 0 Å². The summed E-state index contributed by atoms with van der Waals surface area (Å²) < 4.78 is 6.46. The molecule has 1 atom stereocenters. The lowest BCUT2D eigenvalue weighted by Crippen LogP contribution is -2.17. The van der Waals surface area contributed by atoms with Gasteiger partial charge in [-0.25, -0.2) is 0 Å². The topological polar surface area (TPSA) is 64.9 Å². The van der Waals surface area contributed by atoms with E-state index in [9.17, 15) is 0 Å². The van der Waals surface area contributed by atoms with Gasteiger partial charge in [-0.05, 0) is 64.5 Å². The van der Waals surface area contributed by atoms with Crippen molar-refractivity contribution in [3.8, 4) is 22.2 Å². The first-order valence-corrected chi connectivity index (χ1v) is 8.85. The lowest BCUT2D eigenvalue weighted by molar-refractivity contribution is 0.432. The number of nitrogens with zero attached hydrogens (tertiary/aromatic N) is 2. The number of benzene rings is 1. The number of aryl methyl sites for hydroxylation is 1. The second-order valence-corrected chi connectivity index (χ2v) is 7.29. The molecule has 2 N–H and O–H groups in total. The molecule has 0 fully saturated rings. The molecule has 2 heterocycles. The van der Waals surface area contributed by atoms with Crippen LogP contribution in [0.2, 0.25) is 0 Å². The molecule has 4 nitrogen and oxygen atoms in total. The summed E-state index contributed by atoms with van der Waals surface area (Å²) >= 11 is 5.03. The van der Waals surface area contributed by atoms with Crippen molar-refractivity contribution in [1.29, 1.82) is 0 Å². The van der Waals surface area contributed by atoms with Gasteiger partial charge in [-0.1, -0.05) is 11.2 Å². The summed E-state index contributed by atoms with van der Waals surface area (Å²) in [7, 11) is 0. The molecule has 1 aliphatic rings. The van der Waals surface area contributed by atoms with Crippen LogP contribution in [0.1, 0.15) is 30.0 Å². The molecule has 1 aromatic carbocycles. The zero-order chi connectivity index (χ0) is 15.1. The van der Waals surface area contributed by atoms with Crippen LogP contribution in [0.25, 0.3) is 22.2 Å². The van der Waals surface area contributed by atoms with Crippen molar-refractivity contribution in [1.82, 2.24) is 10.1 Å². The lowest BCUT2D eigenvalue weighted by Gasteiger charge is -2.22. The average molecular weight is 376 g/mol. The highest BCUT2D eigenvalue weighted by Gasteiger charge is 2.19. The van der Waals surface area contributed by atoms with E-state index in [2.05, 4.69) is 38.2 Å². The van der Waals surface area contributed by atoms with Gasteiger partial charge in [0, 0.05) is 21.5 Å². The quantitative estimate of drug-likeness (QED) is 0.712. The van der Waals surface area contributed by atoms with Crippen molar-refractivity contribution in [2.24, 2.45) is 5.73 Å². The maximum Gasteiger partial charge on any atom is 0.258 e. The van der Waals surface area contributed by atoms with Gasteiger partial charge in [0.05, 0.1) is 4.88 Å². The summed E-state index contributed by atoms with van der Waals surface area (Å²) in [5.41, 5.74) is 9.67. The molecule has 0 bridgehead atoms. The molecule has 0 aliphatic heterocycles. The number of rotatable bonds is 2. The predicted octanol–water partition coefficient (Wildman–Crippen LogP) is 4.56. The summed E-state index contributed by atoms with van der Waals surface area (Å²) in [5, 5.41) is 6.09. The van der Waals surface area contributed by atoms with E-state index < -0.39 is 0 Å². The summed E-state index contributed by atoms with van der Waals surface area (Å²) in [6.45, 7) is 0. The van der Waals surface area contributed by atoms with E-state index in [-0.39, 0.29) is 6.04 Å². The van der Waals surface area contributed by atoms with E-state index in [0.29, 0.717) is 11.7 Å². The number of hydrogen-bond donors (Lipinski definition) is 1. The van der Waals surface area contributed by atoms with Gasteiger partial charge in [-0.3, -0.25) is 0 Å². The van der Waals surface area contributed by atoms with Gasteiger partial charge in [-0.15, -0.1) is 11.3 Å². The van der Waals surface area contributed by atoms with Crippen LogP contribution in [0.5, 0.6) is 0 Å². The Labute approximate surface area is 140 Å². The van der Waals surface area contributed by atoms with Crippen LogP contribution in [0.15, 0.2) is 38.6 Å². The van der Waals surface area contributed by atoms with E-state index in [0.717, 1.165) is 34.2 Å². The Morgan fingerprint density at radius 2 is 2.23 bits per heavy atom. The normalized spacial score (nSPS) is 17.5. The first-order chi connectivity index (χ1) is 10.7. The Morgan fingerprint density at radius 1 is 1.32 bits per heavy atom. The Morgan fingerprint density at radius 3 is 3.05 bits per heavy atom. The van der Waals surface area contributed by atoms with E-state index in [4.69, 9.17) is 10.3 Å². The molecule has 4 rings (SSSR count). The predicted molar refractivity (Wildman–Crippen MR) is 90.6 cm³/mol. The van der Waals surface area contributed by atoms with E-state index in [1.54, 1.807) is 11.3 Å². The van der Waals surface area contributed by atoms with E-state index >= 15 is 0 Å². The molecule has 2 aromatic heterocycles. The van der Waals surface area contributed by atoms with Crippen LogP contribution < -0.4 is 5.73 Å². The molecule has 6 heteroatoms. The first kappa shape index (κ1) is 14.1. The highest BCUT2D eigenvalue weighted by Crippen LogP contribution is 2.33. The third-order valence-electron chi connectivity index (χ3n) is 3.96. The standard InChI is InChI=1S/C16H14BrN3OS/c17-11-7-14(22-8-11)15-19-16(21-20-15)10-4-5-12-9(6-10)2-1-3-13(12)18/h4-8,13H,1-3,18H2. The van der Waals surface area contributed by atoms with Crippen LogP contribution in [0, 0.1) is 0 Å². The van der Waals surface area contributed by atoms with Crippen molar-refractivity contribution in [2.75, 3.05) is 0 Å². The largest absolute Gasteiger partial charge is 0.334 e. The molecule has 0 spiro atoms. The van der Waals surface area contributed by atoms with Gasteiger partial charge in [0.25, 0.3) is 5.89 Å². The fourth-order valence-electron chi connectivity index (χ4n) is 2.86. The SMILES string of the molecule is NC1CCCc2cc(-c3nc(-c4cc(Br)cs4)no3)ccc21. The fourth-order valence-corrected chi connectivity index (χ4v) is 4.21. The van der Waals surface area contributed by atoms with Crippen molar-refractivity contribution in [2.45, 2.75) is 25.3 Å². The Bertz CT molecular complexity index is 826. The van der Waals surface area contributed by atoms with Crippen LogP contribution >= 0.6 is 27.3 Å². The van der Waals surface area contributed by atoms with Gasteiger partial charge < -0.3 is 10.3 Å². The first-order valence-electron chi connectivity index (χ1n) is 7.17. The van der Waals surface area contributed by atoms with Crippen LogP contribution in [-0.4, -0.2) is 10.1 Å². The van der Waals surface area contributed by atoms with Gasteiger partial charge in [0.15, 0.2) is 0 Å². The van der Waals surface area contributed by atoms with Crippen LogP contribution in [0.3, 0.4) is 0 Å². The maximum absolute atomic E-state index is 6.16. The minimum atomic E-state index is 0.152. The number of fused-ring (bicyclic) bond motifs is 1. The van der Waals surface area contributed by atoms with Crippen LogP contribution in [0.4, 0.5) is 0 Å². The van der Waals surface area contributed by atoms with Gasteiger partial charge in [0.1, 0.15) is 0 Å². The molecule has 0 radical (unpaired) electrons. The molecule has 0 amide bonds. The molecule has 0 saturated carbocycles. The second kappa shape index (κ2) is 5.61. The van der Waals surface area contributed by atoms with E-state index in [1.807, 2.05) is 17.5 Å². The van der Waals surface area contributed by atoms with Crippen molar-refractivity contribution in [3.05, 3.63) is 45.2 Å². The number of halogens is 1. The molecule has 1 unspecified atom stereocenters. The number of thiophene rings is 1. The van der Waals surface area contributed by atoms with Gasteiger partial charge in [-0.2, -0.15) is 4.98 Å². The lowest BCUT2D eigenvalue weighted by atomic mass is 9.87. The number of hydrogen-bond acceptors (Lipinski definition) is 5. The molecule has 0 saturated heterocycles.